The average molecular weight is 369 g/mol. The van der Waals surface area contributed by atoms with Crippen LogP contribution in [0.4, 0.5) is 0 Å². The van der Waals surface area contributed by atoms with Crippen molar-refractivity contribution in [3.05, 3.63) is 34.4 Å². The number of halogens is 1. The number of nitrogens with one attached hydrogen (secondary N) is 2. The summed E-state index contributed by atoms with van der Waals surface area (Å²) in [5, 5.41) is 22.0. The lowest BCUT2D eigenvalue weighted by molar-refractivity contribution is -0.121. The molecule has 11 heteroatoms. The molecule has 0 fully saturated rings. The fraction of sp³-hybridized carbons (Fsp3) is 0.357. The minimum absolute atomic E-state index is 0.119. The first-order valence-corrected chi connectivity index (χ1v) is 7.68. The molecule has 0 aromatic carbocycles. The molecular weight excluding hydrogens is 352 g/mol. The van der Waals surface area contributed by atoms with E-state index in [0.29, 0.717) is 5.69 Å². The van der Waals surface area contributed by atoms with Gasteiger partial charge in [-0.25, -0.2) is 4.79 Å². The van der Waals surface area contributed by atoms with Crippen molar-refractivity contribution in [2.24, 2.45) is 7.05 Å². The Bertz CT molecular complexity index is 812. The molecule has 3 N–H and O–H groups in total. The minimum atomic E-state index is -1.16. The number of aromatic carboxylic acids is 1. The summed E-state index contributed by atoms with van der Waals surface area (Å²) in [6.45, 7) is 2.01. The summed E-state index contributed by atoms with van der Waals surface area (Å²) in [6.07, 6.45) is 1.40. The molecule has 0 radical (unpaired) electrons. The van der Waals surface area contributed by atoms with Crippen LogP contribution in [0.1, 0.15) is 26.7 Å². The molecule has 2 aromatic rings. The van der Waals surface area contributed by atoms with Crippen LogP contribution < -0.4 is 10.6 Å². The largest absolute Gasteiger partial charge is 0.476 e. The van der Waals surface area contributed by atoms with E-state index in [2.05, 4.69) is 20.8 Å². The fourth-order valence-corrected chi connectivity index (χ4v) is 2.20. The number of carboxylic acids is 1. The number of hydrogen-bond acceptors (Lipinski definition) is 5. The third-order valence-electron chi connectivity index (χ3n) is 3.37. The van der Waals surface area contributed by atoms with Gasteiger partial charge in [0.15, 0.2) is 11.4 Å². The maximum absolute atomic E-state index is 12.0. The molecule has 0 spiro atoms. The Hall–Kier alpha value is -2.88. The maximum Gasteiger partial charge on any atom is 0.356 e. The van der Waals surface area contributed by atoms with Gasteiger partial charge >= 0.3 is 5.97 Å². The van der Waals surface area contributed by atoms with E-state index in [9.17, 15) is 14.4 Å². The number of carboxylic acid groups (broad SMARTS) is 1. The summed E-state index contributed by atoms with van der Waals surface area (Å²) in [6, 6.07) is 1.30. The lowest BCUT2D eigenvalue weighted by atomic mass is 10.3. The van der Waals surface area contributed by atoms with Gasteiger partial charge in [0.2, 0.25) is 5.91 Å². The quantitative estimate of drug-likeness (QED) is 0.581. The van der Waals surface area contributed by atoms with Gasteiger partial charge in [-0.3, -0.25) is 19.0 Å². The van der Waals surface area contributed by atoms with Crippen molar-refractivity contribution in [3.8, 4) is 0 Å². The van der Waals surface area contributed by atoms with Crippen molar-refractivity contribution in [3.63, 3.8) is 0 Å². The Morgan fingerprint density at radius 2 is 1.92 bits per heavy atom. The Morgan fingerprint density at radius 3 is 2.48 bits per heavy atom. The van der Waals surface area contributed by atoms with Gasteiger partial charge in [0.25, 0.3) is 5.91 Å². The molecule has 0 bridgehead atoms. The summed E-state index contributed by atoms with van der Waals surface area (Å²) in [7, 11) is 1.68. The van der Waals surface area contributed by atoms with Crippen LogP contribution >= 0.6 is 11.6 Å². The highest BCUT2D eigenvalue weighted by Gasteiger charge is 2.17. The first-order chi connectivity index (χ1) is 11.8. The van der Waals surface area contributed by atoms with Crippen molar-refractivity contribution in [1.82, 2.24) is 30.2 Å². The predicted molar refractivity (Wildman–Crippen MR) is 87.5 cm³/mol. The smallest absolute Gasteiger partial charge is 0.356 e. The number of rotatable bonds is 7. The molecule has 0 saturated carbocycles. The van der Waals surface area contributed by atoms with E-state index < -0.39 is 11.9 Å². The first-order valence-electron chi connectivity index (χ1n) is 7.30. The van der Waals surface area contributed by atoms with E-state index in [1.54, 1.807) is 14.0 Å². The highest BCUT2D eigenvalue weighted by Crippen LogP contribution is 2.18. The van der Waals surface area contributed by atoms with Crippen molar-refractivity contribution in [2.75, 3.05) is 13.1 Å². The van der Waals surface area contributed by atoms with Gasteiger partial charge in [-0.1, -0.05) is 11.6 Å². The van der Waals surface area contributed by atoms with Crippen LogP contribution in [0.3, 0.4) is 0 Å². The van der Waals surface area contributed by atoms with Crippen LogP contribution in [0.2, 0.25) is 5.02 Å². The van der Waals surface area contributed by atoms with E-state index in [0.717, 1.165) is 0 Å². The molecule has 0 atom stereocenters. The van der Waals surface area contributed by atoms with Gasteiger partial charge in [0.05, 0.1) is 10.7 Å². The van der Waals surface area contributed by atoms with Crippen LogP contribution in [0.5, 0.6) is 0 Å². The molecule has 0 unspecified atom stereocenters. The second-order valence-electron chi connectivity index (χ2n) is 5.18. The molecule has 134 valence electrons. The maximum atomic E-state index is 12.0. The van der Waals surface area contributed by atoms with Crippen LogP contribution in [0.25, 0.3) is 0 Å². The van der Waals surface area contributed by atoms with Gasteiger partial charge in [0.1, 0.15) is 6.54 Å². The second kappa shape index (κ2) is 7.79. The number of carbonyl (C=O) groups is 3. The molecule has 0 aliphatic carbocycles. The molecule has 2 aromatic heterocycles. The SMILES string of the molecule is Cc1c(Cl)c(C(=O)NCCNC(=O)Cn2ccc(C(=O)O)n2)nn1C. The Kier molecular flexibility index (Phi) is 5.75. The van der Waals surface area contributed by atoms with Crippen LogP contribution in [-0.2, 0) is 18.4 Å². The van der Waals surface area contributed by atoms with E-state index in [4.69, 9.17) is 16.7 Å². The Morgan fingerprint density at radius 1 is 1.24 bits per heavy atom. The van der Waals surface area contributed by atoms with E-state index >= 15 is 0 Å². The molecule has 10 nitrogen and oxygen atoms in total. The van der Waals surface area contributed by atoms with Gasteiger partial charge in [0, 0.05) is 26.3 Å². The fourth-order valence-electron chi connectivity index (χ4n) is 1.96. The second-order valence-corrected chi connectivity index (χ2v) is 5.56. The molecule has 0 aliphatic heterocycles. The van der Waals surface area contributed by atoms with Crippen LogP contribution in [0.15, 0.2) is 12.3 Å². The monoisotopic (exact) mass is 368 g/mol. The summed E-state index contributed by atoms with van der Waals surface area (Å²) < 4.78 is 2.72. The van der Waals surface area contributed by atoms with Crippen molar-refractivity contribution < 1.29 is 19.5 Å². The summed E-state index contributed by atoms with van der Waals surface area (Å²) in [4.78, 5) is 34.4. The van der Waals surface area contributed by atoms with Gasteiger partial charge < -0.3 is 15.7 Å². The number of aryl methyl sites for hydroxylation is 1. The molecule has 2 rings (SSSR count). The third kappa shape index (κ3) is 4.57. The number of nitrogens with zero attached hydrogens (tertiary/aromatic N) is 4. The Labute approximate surface area is 147 Å². The highest BCUT2D eigenvalue weighted by atomic mass is 35.5. The highest BCUT2D eigenvalue weighted by molar-refractivity contribution is 6.34. The lowest BCUT2D eigenvalue weighted by Gasteiger charge is -2.06. The topological polar surface area (TPSA) is 131 Å². The molecule has 2 heterocycles. The van der Waals surface area contributed by atoms with E-state index in [1.165, 1.54) is 21.6 Å². The van der Waals surface area contributed by atoms with Crippen LogP contribution in [-0.4, -0.2) is 55.5 Å². The Balaban J connectivity index is 1.74. The zero-order valence-corrected chi connectivity index (χ0v) is 14.4. The lowest BCUT2D eigenvalue weighted by Crippen LogP contribution is -2.36. The molecule has 25 heavy (non-hydrogen) atoms. The summed E-state index contributed by atoms with van der Waals surface area (Å²) in [5.41, 5.74) is 0.674. The predicted octanol–water partition coefficient (Wildman–Crippen LogP) is -0.177. The number of hydrogen-bond donors (Lipinski definition) is 3. The van der Waals surface area contributed by atoms with Crippen molar-refractivity contribution in [2.45, 2.75) is 13.5 Å². The summed E-state index contributed by atoms with van der Waals surface area (Å²) in [5.74, 6) is -1.95. The number of carbonyl (C=O) groups excluding carboxylic acids is 2. The average Bonchev–Trinajstić information content (AvgIpc) is 3.12. The van der Waals surface area contributed by atoms with E-state index in [-0.39, 0.29) is 42.0 Å². The third-order valence-corrected chi connectivity index (χ3v) is 3.83. The van der Waals surface area contributed by atoms with Crippen LogP contribution in [0, 0.1) is 6.92 Å². The molecule has 0 saturated heterocycles. The molecule has 0 aliphatic rings. The number of amides is 2. The van der Waals surface area contributed by atoms with Gasteiger partial charge in [-0.2, -0.15) is 10.2 Å². The van der Waals surface area contributed by atoms with Crippen molar-refractivity contribution >= 4 is 29.4 Å². The van der Waals surface area contributed by atoms with Gasteiger partial charge in [-0.05, 0) is 13.0 Å². The first kappa shape index (κ1) is 18.5. The van der Waals surface area contributed by atoms with E-state index in [1.807, 2.05) is 0 Å². The normalized spacial score (nSPS) is 10.5. The standard InChI is InChI=1S/C14H17ClN6O4/c1-8-11(15)12(19-20(8)2)13(23)17-5-4-16-10(22)7-21-6-3-9(18-21)14(24)25/h3,6H,4-5,7H2,1-2H3,(H,16,22)(H,17,23)(H,24,25). The minimum Gasteiger partial charge on any atom is -0.476 e. The molecule has 2 amide bonds. The zero-order chi connectivity index (χ0) is 18.6. The number of aromatic nitrogens is 4. The van der Waals surface area contributed by atoms with Gasteiger partial charge in [-0.15, -0.1) is 0 Å². The van der Waals surface area contributed by atoms with Crippen molar-refractivity contribution in [1.29, 1.82) is 0 Å². The zero-order valence-electron chi connectivity index (χ0n) is 13.6. The molecular formula is C14H17ClN6O4. The summed E-state index contributed by atoms with van der Waals surface area (Å²) >= 11 is 6.02.